The lowest BCUT2D eigenvalue weighted by Gasteiger charge is -2.15. The van der Waals surface area contributed by atoms with Crippen LogP contribution in [-0.2, 0) is 14.3 Å². The van der Waals surface area contributed by atoms with Crippen molar-refractivity contribution in [1.29, 1.82) is 0 Å². The number of anilines is 1. The molecular formula is C20H21F2NO5. The molecule has 0 aliphatic heterocycles. The molecule has 0 fully saturated rings. The van der Waals surface area contributed by atoms with Gasteiger partial charge in [-0.1, -0.05) is 25.1 Å². The van der Waals surface area contributed by atoms with Crippen molar-refractivity contribution in [3.63, 3.8) is 0 Å². The van der Waals surface area contributed by atoms with Gasteiger partial charge in [0.2, 0.25) is 0 Å². The zero-order chi connectivity index (χ0) is 20.5. The minimum absolute atomic E-state index is 0.360. The van der Waals surface area contributed by atoms with Crippen molar-refractivity contribution in [1.82, 2.24) is 0 Å². The molecule has 0 heterocycles. The third-order valence-corrected chi connectivity index (χ3v) is 3.54. The highest BCUT2D eigenvalue weighted by Crippen LogP contribution is 2.26. The maximum atomic E-state index is 13.6. The Balaban J connectivity index is 1.88. The monoisotopic (exact) mass is 393 g/mol. The van der Waals surface area contributed by atoms with Gasteiger partial charge in [0.25, 0.3) is 5.91 Å². The van der Waals surface area contributed by atoms with Gasteiger partial charge in [-0.3, -0.25) is 4.79 Å². The predicted octanol–water partition coefficient (Wildman–Crippen LogP) is 3.70. The minimum Gasteiger partial charge on any atom is -0.490 e. The van der Waals surface area contributed by atoms with Crippen LogP contribution in [0.15, 0.2) is 42.5 Å². The maximum Gasteiger partial charge on any atom is 0.344 e. The van der Waals surface area contributed by atoms with Crippen LogP contribution in [0.3, 0.4) is 0 Å². The van der Waals surface area contributed by atoms with E-state index in [9.17, 15) is 18.4 Å². The van der Waals surface area contributed by atoms with Crippen LogP contribution in [0.4, 0.5) is 14.5 Å². The summed E-state index contributed by atoms with van der Waals surface area (Å²) >= 11 is 0. The first kappa shape index (κ1) is 21.1. The van der Waals surface area contributed by atoms with Crippen molar-refractivity contribution in [2.75, 3.05) is 18.5 Å². The van der Waals surface area contributed by atoms with Crippen molar-refractivity contribution in [3.05, 3.63) is 54.1 Å². The quantitative estimate of drug-likeness (QED) is 0.658. The Bertz CT molecular complexity index is 808. The molecule has 1 atom stereocenters. The Kier molecular flexibility index (Phi) is 7.74. The molecule has 0 aliphatic carbocycles. The molecule has 0 spiro atoms. The van der Waals surface area contributed by atoms with E-state index in [0.29, 0.717) is 18.1 Å². The smallest absolute Gasteiger partial charge is 0.344 e. The average molecular weight is 393 g/mol. The maximum absolute atomic E-state index is 13.6. The van der Waals surface area contributed by atoms with E-state index >= 15 is 0 Å². The van der Waals surface area contributed by atoms with Crippen LogP contribution < -0.4 is 14.8 Å². The van der Waals surface area contributed by atoms with Crippen molar-refractivity contribution in [2.24, 2.45) is 0 Å². The number of carbonyl (C=O) groups excluding carboxylic acids is 2. The van der Waals surface area contributed by atoms with Crippen molar-refractivity contribution in [2.45, 2.75) is 26.4 Å². The van der Waals surface area contributed by atoms with Gasteiger partial charge in [0.05, 0.1) is 6.61 Å². The van der Waals surface area contributed by atoms with E-state index in [0.717, 1.165) is 18.6 Å². The van der Waals surface area contributed by atoms with Gasteiger partial charge in [0.15, 0.2) is 24.2 Å². The van der Waals surface area contributed by atoms with Gasteiger partial charge in [-0.2, -0.15) is 0 Å². The second-order valence-corrected chi connectivity index (χ2v) is 5.80. The van der Waals surface area contributed by atoms with Gasteiger partial charge in [0, 0.05) is 0 Å². The molecule has 8 heteroatoms. The molecule has 1 amide bonds. The molecule has 0 aliphatic rings. The zero-order valence-corrected chi connectivity index (χ0v) is 15.5. The summed E-state index contributed by atoms with van der Waals surface area (Å²) in [6.07, 6.45) is -0.465. The first-order chi connectivity index (χ1) is 13.4. The van der Waals surface area contributed by atoms with Gasteiger partial charge in [0.1, 0.15) is 17.3 Å². The van der Waals surface area contributed by atoms with Crippen LogP contribution in [0.5, 0.6) is 11.5 Å². The number of nitrogens with one attached hydrogen (secondary N) is 1. The molecule has 150 valence electrons. The Hall–Kier alpha value is -3.16. The summed E-state index contributed by atoms with van der Waals surface area (Å²) in [4.78, 5) is 23.9. The number of esters is 1. The van der Waals surface area contributed by atoms with Gasteiger partial charge in [-0.25, -0.2) is 13.6 Å². The molecule has 28 heavy (non-hydrogen) atoms. The summed E-state index contributed by atoms with van der Waals surface area (Å²) in [6, 6.07) is 10.00. The number of carbonyl (C=O) groups is 2. The summed E-state index contributed by atoms with van der Waals surface area (Å²) < 4.78 is 43.0. The molecule has 0 unspecified atom stereocenters. The number of benzene rings is 2. The highest BCUT2D eigenvalue weighted by atomic mass is 19.1. The topological polar surface area (TPSA) is 73.9 Å². The van der Waals surface area contributed by atoms with E-state index in [4.69, 9.17) is 14.2 Å². The molecule has 0 aromatic heterocycles. The van der Waals surface area contributed by atoms with E-state index in [-0.39, 0.29) is 0 Å². The second kappa shape index (κ2) is 10.2. The predicted molar refractivity (Wildman–Crippen MR) is 98.3 cm³/mol. The molecule has 2 aromatic carbocycles. The largest absolute Gasteiger partial charge is 0.490 e. The second-order valence-electron chi connectivity index (χ2n) is 5.80. The van der Waals surface area contributed by atoms with Gasteiger partial charge in [-0.05, 0) is 37.6 Å². The van der Waals surface area contributed by atoms with Crippen LogP contribution in [0.1, 0.15) is 20.3 Å². The normalized spacial score (nSPS) is 11.4. The third kappa shape index (κ3) is 5.94. The Labute approximate surface area is 161 Å². The van der Waals surface area contributed by atoms with E-state index in [2.05, 4.69) is 5.32 Å². The molecule has 0 radical (unpaired) electrons. The number of halogens is 2. The average Bonchev–Trinajstić information content (AvgIpc) is 2.68. The molecule has 0 saturated carbocycles. The fourth-order valence-corrected chi connectivity index (χ4v) is 2.16. The molecule has 6 nitrogen and oxygen atoms in total. The summed E-state index contributed by atoms with van der Waals surface area (Å²) in [7, 11) is 0. The number of ether oxygens (including phenoxy) is 3. The van der Waals surface area contributed by atoms with Gasteiger partial charge < -0.3 is 19.5 Å². The number of hydrogen-bond donors (Lipinski definition) is 1. The van der Waals surface area contributed by atoms with Crippen molar-refractivity contribution < 1.29 is 32.6 Å². The van der Waals surface area contributed by atoms with Crippen LogP contribution in [-0.4, -0.2) is 31.2 Å². The molecule has 2 aromatic rings. The molecular weight excluding hydrogens is 372 g/mol. The molecule has 0 bridgehead atoms. The first-order valence-corrected chi connectivity index (χ1v) is 8.71. The fourth-order valence-electron chi connectivity index (χ4n) is 2.16. The SMILES string of the molecule is CCCOc1ccccc1OCC(=O)O[C@@H](C)C(=O)Nc1c(F)cccc1F. The lowest BCUT2D eigenvalue weighted by atomic mass is 10.2. The Morgan fingerprint density at radius 1 is 1.00 bits per heavy atom. The van der Waals surface area contributed by atoms with E-state index in [1.165, 1.54) is 13.0 Å². The van der Waals surface area contributed by atoms with E-state index in [1.807, 2.05) is 6.92 Å². The van der Waals surface area contributed by atoms with E-state index in [1.54, 1.807) is 24.3 Å². The summed E-state index contributed by atoms with van der Waals surface area (Å²) in [5.74, 6) is -2.71. The zero-order valence-electron chi connectivity index (χ0n) is 15.5. The highest BCUT2D eigenvalue weighted by Gasteiger charge is 2.21. The number of rotatable bonds is 9. The minimum atomic E-state index is -1.28. The van der Waals surface area contributed by atoms with Crippen LogP contribution in [0, 0.1) is 11.6 Å². The highest BCUT2D eigenvalue weighted by molar-refractivity contribution is 5.95. The third-order valence-electron chi connectivity index (χ3n) is 3.54. The summed E-state index contributed by atoms with van der Waals surface area (Å²) in [5, 5.41) is 2.06. The van der Waals surface area contributed by atoms with Crippen LogP contribution in [0.2, 0.25) is 0 Å². The molecule has 1 N–H and O–H groups in total. The number of para-hydroxylation sites is 3. The van der Waals surface area contributed by atoms with Crippen LogP contribution >= 0.6 is 0 Å². The van der Waals surface area contributed by atoms with Crippen LogP contribution in [0.25, 0.3) is 0 Å². The van der Waals surface area contributed by atoms with Gasteiger partial charge in [-0.15, -0.1) is 0 Å². The molecule has 0 saturated heterocycles. The number of hydrogen-bond acceptors (Lipinski definition) is 5. The van der Waals surface area contributed by atoms with E-state index < -0.39 is 41.9 Å². The fraction of sp³-hybridized carbons (Fsp3) is 0.300. The summed E-state index contributed by atoms with van der Waals surface area (Å²) in [6.45, 7) is 3.28. The Morgan fingerprint density at radius 3 is 2.21 bits per heavy atom. The lowest BCUT2D eigenvalue weighted by molar-refractivity contribution is -0.155. The molecule has 2 rings (SSSR count). The summed E-state index contributed by atoms with van der Waals surface area (Å²) in [5.41, 5.74) is -0.603. The Morgan fingerprint density at radius 2 is 1.61 bits per heavy atom. The van der Waals surface area contributed by atoms with Crippen molar-refractivity contribution >= 4 is 17.6 Å². The first-order valence-electron chi connectivity index (χ1n) is 8.71. The lowest BCUT2D eigenvalue weighted by Crippen LogP contribution is -2.32. The number of amides is 1. The van der Waals surface area contributed by atoms with Crippen molar-refractivity contribution in [3.8, 4) is 11.5 Å². The van der Waals surface area contributed by atoms with Gasteiger partial charge >= 0.3 is 5.97 Å². The standard InChI is InChI=1S/C20H21F2NO5/c1-3-11-26-16-9-4-5-10-17(16)27-12-18(24)28-13(2)20(25)23-19-14(21)7-6-8-15(19)22/h4-10,13H,3,11-12H2,1-2H3,(H,23,25)/t13-/m0/s1.